The average molecular weight is 342 g/mol. The van der Waals surface area contributed by atoms with Crippen LogP contribution in [0.2, 0.25) is 0 Å². The molecule has 4 N–H and O–H groups in total. The summed E-state index contributed by atoms with van der Waals surface area (Å²) in [5.74, 6) is -0.196. The molecule has 3 aromatic rings. The number of H-pyrrole nitrogens is 1. The van der Waals surface area contributed by atoms with Crippen molar-refractivity contribution in [2.75, 3.05) is 10.6 Å². The van der Waals surface area contributed by atoms with Crippen molar-refractivity contribution in [1.82, 2.24) is 10.2 Å². The standard InChI is InChI=1S/C18H19FN4O2/c1-18(2,3)23(17(24)25)11-6-4-10(5-7-11)12-8-9-13-15(14(12)19)21-22-16(13)20/h4-9H,1-3H3,(H,24,25)(H3,20,21,22). The molecule has 3 rings (SSSR count). The first-order chi connectivity index (χ1) is 11.7. The minimum Gasteiger partial charge on any atom is -0.465 e. The molecule has 130 valence electrons. The van der Waals surface area contributed by atoms with Gasteiger partial charge in [0.05, 0.1) is 0 Å². The highest BCUT2D eigenvalue weighted by Crippen LogP contribution is 2.32. The lowest BCUT2D eigenvalue weighted by molar-refractivity contribution is 0.195. The van der Waals surface area contributed by atoms with Crippen LogP contribution in [0.25, 0.3) is 22.0 Å². The molecule has 1 heterocycles. The van der Waals surface area contributed by atoms with Crippen molar-refractivity contribution in [3.05, 3.63) is 42.2 Å². The number of halogens is 1. The van der Waals surface area contributed by atoms with Crippen molar-refractivity contribution in [2.24, 2.45) is 0 Å². The van der Waals surface area contributed by atoms with Gasteiger partial charge in [0.2, 0.25) is 0 Å². The minimum atomic E-state index is -1.04. The number of anilines is 2. The fraction of sp³-hybridized carbons (Fsp3) is 0.222. The van der Waals surface area contributed by atoms with Gasteiger partial charge >= 0.3 is 6.09 Å². The Morgan fingerprint density at radius 3 is 2.40 bits per heavy atom. The number of hydrogen-bond acceptors (Lipinski definition) is 3. The van der Waals surface area contributed by atoms with Gasteiger partial charge in [-0.2, -0.15) is 5.10 Å². The molecule has 25 heavy (non-hydrogen) atoms. The van der Waals surface area contributed by atoms with Crippen LogP contribution in [0, 0.1) is 5.82 Å². The van der Waals surface area contributed by atoms with Crippen LogP contribution in [0.3, 0.4) is 0 Å². The number of fused-ring (bicyclic) bond motifs is 1. The number of amides is 1. The lowest BCUT2D eigenvalue weighted by Gasteiger charge is -2.33. The summed E-state index contributed by atoms with van der Waals surface area (Å²) in [5, 5.41) is 16.4. The number of nitrogens with two attached hydrogens (primary N) is 1. The zero-order chi connectivity index (χ0) is 18.4. The molecule has 7 heteroatoms. The fourth-order valence-electron chi connectivity index (χ4n) is 2.87. The van der Waals surface area contributed by atoms with Gasteiger partial charge < -0.3 is 10.8 Å². The summed E-state index contributed by atoms with van der Waals surface area (Å²) in [6.45, 7) is 5.43. The number of aromatic amines is 1. The Hall–Kier alpha value is -3.09. The molecule has 1 amide bonds. The molecule has 0 saturated heterocycles. The van der Waals surface area contributed by atoms with Crippen LogP contribution in [0.1, 0.15) is 20.8 Å². The third kappa shape index (κ3) is 2.88. The fourth-order valence-corrected chi connectivity index (χ4v) is 2.87. The molecule has 0 bridgehead atoms. The molecule has 0 aliphatic heterocycles. The molecule has 0 aliphatic rings. The summed E-state index contributed by atoms with van der Waals surface area (Å²) in [6, 6.07) is 10.1. The van der Waals surface area contributed by atoms with E-state index in [-0.39, 0.29) is 11.3 Å². The number of carbonyl (C=O) groups is 1. The molecule has 0 radical (unpaired) electrons. The molecule has 0 atom stereocenters. The molecule has 6 nitrogen and oxygen atoms in total. The van der Waals surface area contributed by atoms with Crippen LogP contribution in [0.5, 0.6) is 0 Å². The van der Waals surface area contributed by atoms with Gasteiger partial charge in [0, 0.05) is 22.2 Å². The quantitative estimate of drug-likeness (QED) is 0.649. The van der Waals surface area contributed by atoms with Crippen molar-refractivity contribution in [2.45, 2.75) is 26.3 Å². The van der Waals surface area contributed by atoms with Crippen LogP contribution < -0.4 is 10.6 Å². The number of rotatable bonds is 2. The minimum absolute atomic E-state index is 0.248. The smallest absolute Gasteiger partial charge is 0.412 e. The van der Waals surface area contributed by atoms with E-state index < -0.39 is 17.4 Å². The second kappa shape index (κ2) is 5.77. The maximum absolute atomic E-state index is 14.7. The predicted molar refractivity (Wildman–Crippen MR) is 96.2 cm³/mol. The second-order valence-electron chi connectivity index (χ2n) is 6.79. The maximum Gasteiger partial charge on any atom is 0.412 e. The SMILES string of the molecule is CC(C)(C)N(C(=O)O)c1ccc(-c2ccc3c(N)n[nH]c3c2F)cc1. The van der Waals surface area contributed by atoms with E-state index >= 15 is 0 Å². The van der Waals surface area contributed by atoms with Crippen LogP contribution >= 0.6 is 0 Å². The Balaban J connectivity index is 2.03. The van der Waals surface area contributed by atoms with Crippen LogP contribution in [0.15, 0.2) is 36.4 Å². The molecule has 0 saturated carbocycles. The number of benzene rings is 2. The van der Waals surface area contributed by atoms with E-state index in [0.717, 1.165) is 0 Å². The summed E-state index contributed by atoms with van der Waals surface area (Å²) in [5.41, 5.74) is 6.89. The molecule has 0 spiro atoms. The summed E-state index contributed by atoms with van der Waals surface area (Å²) >= 11 is 0. The van der Waals surface area contributed by atoms with Crippen molar-refractivity contribution in [3.63, 3.8) is 0 Å². The number of aromatic nitrogens is 2. The Bertz CT molecular complexity index is 942. The Morgan fingerprint density at radius 2 is 1.84 bits per heavy atom. The topological polar surface area (TPSA) is 95.2 Å². The monoisotopic (exact) mass is 342 g/mol. The summed E-state index contributed by atoms with van der Waals surface area (Å²) in [7, 11) is 0. The van der Waals surface area contributed by atoms with Gasteiger partial charge in [0.15, 0.2) is 11.6 Å². The van der Waals surface area contributed by atoms with Gasteiger partial charge in [0.25, 0.3) is 0 Å². The largest absolute Gasteiger partial charge is 0.465 e. The van der Waals surface area contributed by atoms with Crippen molar-refractivity contribution >= 4 is 28.5 Å². The van der Waals surface area contributed by atoms with E-state index in [1.807, 2.05) is 20.8 Å². The van der Waals surface area contributed by atoms with Gasteiger partial charge in [-0.15, -0.1) is 0 Å². The van der Waals surface area contributed by atoms with Crippen LogP contribution in [-0.4, -0.2) is 26.9 Å². The van der Waals surface area contributed by atoms with Gasteiger partial charge in [0.1, 0.15) is 5.52 Å². The lowest BCUT2D eigenvalue weighted by atomic mass is 10.0. The van der Waals surface area contributed by atoms with Gasteiger partial charge in [-0.1, -0.05) is 18.2 Å². The van der Waals surface area contributed by atoms with Gasteiger partial charge in [-0.05, 0) is 44.5 Å². The van der Waals surface area contributed by atoms with E-state index in [1.54, 1.807) is 36.4 Å². The molecule has 0 aliphatic carbocycles. The van der Waals surface area contributed by atoms with E-state index in [0.29, 0.717) is 22.2 Å². The highest BCUT2D eigenvalue weighted by Gasteiger charge is 2.27. The van der Waals surface area contributed by atoms with Gasteiger partial charge in [-0.3, -0.25) is 10.00 Å². The molecule has 1 aromatic heterocycles. The van der Waals surface area contributed by atoms with Gasteiger partial charge in [-0.25, -0.2) is 9.18 Å². The molecule has 2 aromatic carbocycles. The lowest BCUT2D eigenvalue weighted by Crippen LogP contribution is -2.45. The van der Waals surface area contributed by atoms with Crippen LogP contribution in [0.4, 0.5) is 20.7 Å². The number of nitrogen functional groups attached to an aromatic ring is 1. The zero-order valence-electron chi connectivity index (χ0n) is 14.2. The van der Waals surface area contributed by atoms with E-state index in [2.05, 4.69) is 10.2 Å². The average Bonchev–Trinajstić information content (AvgIpc) is 2.89. The molecular weight excluding hydrogens is 323 g/mol. The highest BCUT2D eigenvalue weighted by atomic mass is 19.1. The molecular formula is C18H19FN4O2. The second-order valence-corrected chi connectivity index (χ2v) is 6.79. The first-order valence-electron chi connectivity index (χ1n) is 7.76. The van der Waals surface area contributed by atoms with E-state index in [4.69, 9.17) is 5.73 Å². The number of nitrogens with one attached hydrogen (secondary N) is 1. The number of carboxylic acid groups (broad SMARTS) is 1. The number of nitrogens with zero attached hydrogens (tertiary/aromatic N) is 2. The van der Waals surface area contributed by atoms with Crippen LogP contribution in [-0.2, 0) is 0 Å². The van der Waals surface area contributed by atoms with E-state index in [1.165, 1.54) is 4.90 Å². The highest BCUT2D eigenvalue weighted by molar-refractivity contribution is 5.93. The third-order valence-electron chi connectivity index (χ3n) is 4.00. The summed E-state index contributed by atoms with van der Waals surface area (Å²) < 4.78 is 14.7. The van der Waals surface area contributed by atoms with Crippen molar-refractivity contribution in [3.8, 4) is 11.1 Å². The third-order valence-corrected chi connectivity index (χ3v) is 4.00. The zero-order valence-corrected chi connectivity index (χ0v) is 14.2. The first kappa shape index (κ1) is 16.8. The first-order valence-corrected chi connectivity index (χ1v) is 7.76. The Morgan fingerprint density at radius 1 is 1.20 bits per heavy atom. The normalized spacial score (nSPS) is 11.7. The molecule has 0 fully saturated rings. The van der Waals surface area contributed by atoms with Crippen molar-refractivity contribution < 1.29 is 14.3 Å². The number of hydrogen-bond donors (Lipinski definition) is 3. The predicted octanol–water partition coefficient (Wildman–Crippen LogP) is 4.23. The maximum atomic E-state index is 14.7. The summed E-state index contributed by atoms with van der Waals surface area (Å²) in [6.07, 6.45) is -1.04. The summed E-state index contributed by atoms with van der Waals surface area (Å²) in [4.78, 5) is 12.8. The Labute approximate surface area is 144 Å². The Kier molecular flexibility index (Phi) is 3.87. The van der Waals surface area contributed by atoms with E-state index in [9.17, 15) is 14.3 Å². The van der Waals surface area contributed by atoms with Crippen molar-refractivity contribution in [1.29, 1.82) is 0 Å². The molecule has 0 unspecified atom stereocenters.